The molecule has 0 aliphatic carbocycles. The minimum atomic E-state index is -1.96. The zero-order valence-electron chi connectivity index (χ0n) is 32.3. The maximum atomic E-state index is 14.6. The number of fused-ring (bicyclic) bond motifs is 1. The van der Waals surface area contributed by atoms with Crippen LogP contribution in [0, 0.1) is 0 Å². The molecule has 0 saturated carbocycles. The standard InChI is InChI=1S/C39H50O20/c1-14(2)5-10-18-20(54-37-30(49)28(47)25(44)21(12-40)55-37)11-19(42)23-27(46)36(33(57-34(18)23)16-6-8-17(52-4)9-7-16)59-39-32(51)35(24(43)15(3)53-39)58-38-31(50)29(48)26(45)22(13-41)56-38/h5-9,11,15,21-22,24-26,28-32,35,37-45,47-51H,10,12-13H2,1-4H3/t15-,21+,22-,24+,25-,26-,28+,29-,30+,31-,32+,35+,37-,38+,39+/m1/s1. The molecule has 4 heterocycles. The summed E-state index contributed by atoms with van der Waals surface area (Å²) in [5.74, 6) is -1.30. The molecule has 59 heavy (non-hydrogen) atoms. The number of rotatable bonds is 12. The van der Waals surface area contributed by atoms with Crippen molar-refractivity contribution < 1.29 is 93.7 Å². The van der Waals surface area contributed by atoms with Gasteiger partial charge < -0.3 is 93.7 Å². The van der Waals surface area contributed by atoms with Gasteiger partial charge in [0, 0.05) is 17.2 Å². The minimum absolute atomic E-state index is 0.00783. The van der Waals surface area contributed by atoms with Crippen LogP contribution in [0.2, 0.25) is 0 Å². The largest absolute Gasteiger partial charge is 0.507 e. The van der Waals surface area contributed by atoms with Gasteiger partial charge in [-0.05, 0) is 51.5 Å². The topological polar surface area (TPSA) is 317 Å². The van der Waals surface area contributed by atoms with Gasteiger partial charge in [-0.2, -0.15) is 0 Å². The monoisotopic (exact) mass is 838 g/mol. The summed E-state index contributed by atoms with van der Waals surface area (Å²) in [4.78, 5) is 14.6. The smallest absolute Gasteiger partial charge is 0.239 e. The summed E-state index contributed by atoms with van der Waals surface area (Å²) in [6.45, 7) is 3.48. The molecule has 20 heteroatoms. The number of phenols is 1. The van der Waals surface area contributed by atoms with Crippen LogP contribution in [0.25, 0.3) is 22.3 Å². The molecule has 6 rings (SSSR count). The molecule has 15 atom stereocenters. The molecule has 0 radical (unpaired) electrons. The number of phenolic OH excluding ortho intramolecular Hbond substituents is 1. The van der Waals surface area contributed by atoms with E-state index >= 15 is 0 Å². The first-order valence-electron chi connectivity index (χ1n) is 18.8. The van der Waals surface area contributed by atoms with Crippen molar-refractivity contribution in [3.05, 3.63) is 57.8 Å². The number of methoxy groups -OCH3 is 1. The highest BCUT2D eigenvalue weighted by Gasteiger charge is 2.51. The molecule has 326 valence electrons. The molecular formula is C39H50O20. The Morgan fingerprint density at radius 1 is 0.746 bits per heavy atom. The van der Waals surface area contributed by atoms with Crippen LogP contribution in [0.3, 0.4) is 0 Å². The fourth-order valence-corrected chi connectivity index (χ4v) is 7.00. The molecule has 1 aromatic heterocycles. The Morgan fingerprint density at radius 3 is 1.90 bits per heavy atom. The summed E-state index contributed by atoms with van der Waals surface area (Å²) in [6, 6.07) is 7.20. The van der Waals surface area contributed by atoms with Crippen LogP contribution in [-0.4, -0.2) is 169 Å². The highest BCUT2D eigenvalue weighted by molar-refractivity contribution is 5.91. The molecule has 3 aliphatic heterocycles. The van der Waals surface area contributed by atoms with Gasteiger partial charge in [0.15, 0.2) is 12.1 Å². The van der Waals surface area contributed by atoms with E-state index in [1.807, 2.05) is 0 Å². The van der Waals surface area contributed by atoms with Crippen LogP contribution in [0.4, 0.5) is 0 Å². The lowest BCUT2D eigenvalue weighted by Crippen LogP contribution is -2.64. The van der Waals surface area contributed by atoms with Crippen molar-refractivity contribution in [3.8, 4) is 34.3 Å². The third-order valence-corrected chi connectivity index (χ3v) is 10.5. The molecule has 20 nitrogen and oxygen atoms in total. The summed E-state index contributed by atoms with van der Waals surface area (Å²) in [5, 5.41) is 116. The minimum Gasteiger partial charge on any atom is -0.507 e. The third kappa shape index (κ3) is 8.79. The van der Waals surface area contributed by atoms with Crippen LogP contribution >= 0.6 is 0 Å². The lowest BCUT2D eigenvalue weighted by Gasteiger charge is -2.45. The Morgan fingerprint density at radius 2 is 1.32 bits per heavy atom. The van der Waals surface area contributed by atoms with Crippen molar-refractivity contribution in [2.75, 3.05) is 20.3 Å². The Kier molecular flexibility index (Phi) is 13.9. The summed E-state index contributed by atoms with van der Waals surface area (Å²) in [6.07, 6.45) is -23.4. The van der Waals surface area contributed by atoms with E-state index in [4.69, 9.17) is 37.6 Å². The van der Waals surface area contributed by atoms with Gasteiger partial charge in [-0.1, -0.05) is 11.6 Å². The van der Waals surface area contributed by atoms with Crippen LogP contribution in [0.5, 0.6) is 23.0 Å². The van der Waals surface area contributed by atoms with Gasteiger partial charge in [0.05, 0.1) is 26.4 Å². The maximum Gasteiger partial charge on any atom is 0.239 e. The van der Waals surface area contributed by atoms with E-state index < -0.39 is 128 Å². The lowest BCUT2D eigenvalue weighted by atomic mass is 9.97. The number of aliphatic hydroxyl groups is 10. The summed E-state index contributed by atoms with van der Waals surface area (Å²) >= 11 is 0. The first-order valence-corrected chi connectivity index (χ1v) is 18.8. The van der Waals surface area contributed by atoms with E-state index in [1.54, 1.807) is 32.1 Å². The summed E-state index contributed by atoms with van der Waals surface area (Å²) in [5.41, 5.74) is -0.00688. The number of aromatic hydroxyl groups is 1. The first kappa shape index (κ1) is 44.6. The molecule has 0 spiro atoms. The van der Waals surface area contributed by atoms with Gasteiger partial charge in [-0.25, -0.2) is 0 Å². The van der Waals surface area contributed by atoms with Gasteiger partial charge in [0.2, 0.25) is 23.8 Å². The lowest BCUT2D eigenvalue weighted by molar-refractivity contribution is -0.350. The fourth-order valence-electron chi connectivity index (χ4n) is 7.00. The van der Waals surface area contributed by atoms with Gasteiger partial charge in [-0.15, -0.1) is 0 Å². The second kappa shape index (κ2) is 18.3. The average Bonchev–Trinajstić information content (AvgIpc) is 3.21. The summed E-state index contributed by atoms with van der Waals surface area (Å²) < 4.78 is 46.2. The van der Waals surface area contributed by atoms with Crippen molar-refractivity contribution in [1.82, 2.24) is 0 Å². The molecule has 3 aliphatic rings. The number of hydrogen-bond acceptors (Lipinski definition) is 20. The molecule has 0 unspecified atom stereocenters. The normalized spacial score (nSPS) is 35.0. The molecular weight excluding hydrogens is 788 g/mol. The molecule has 11 N–H and O–H groups in total. The zero-order valence-corrected chi connectivity index (χ0v) is 32.3. The zero-order chi connectivity index (χ0) is 43.0. The van der Waals surface area contributed by atoms with E-state index in [9.17, 15) is 61.0 Å². The number of ether oxygens (including phenoxy) is 7. The van der Waals surface area contributed by atoms with Crippen LogP contribution in [0.15, 0.2) is 51.2 Å². The SMILES string of the molecule is COc1ccc(-c2oc3c(CC=C(C)C)c(O[C@@H]4O[C@@H](CO)[C@@H](O)[C@H](O)[C@@H]4O)cc(O)c3c(=O)c2O[C@@H]2O[C@H](C)[C@H](O)[C@H](O[C@@H]3O[C@H](CO)[C@@H](O)[C@@H](O)[C@H]3O)[C@@H]2O)cc1. The predicted molar refractivity (Wildman–Crippen MR) is 199 cm³/mol. The average molecular weight is 839 g/mol. The maximum absolute atomic E-state index is 14.6. The van der Waals surface area contributed by atoms with Crippen molar-refractivity contribution in [2.45, 2.75) is 119 Å². The molecule has 3 fully saturated rings. The molecule has 0 amide bonds. The van der Waals surface area contributed by atoms with Crippen molar-refractivity contribution in [1.29, 1.82) is 0 Å². The van der Waals surface area contributed by atoms with E-state index in [-0.39, 0.29) is 34.6 Å². The highest BCUT2D eigenvalue weighted by atomic mass is 16.7. The van der Waals surface area contributed by atoms with Crippen LogP contribution in [-0.2, 0) is 25.4 Å². The first-order chi connectivity index (χ1) is 28.0. The van der Waals surface area contributed by atoms with Gasteiger partial charge >= 0.3 is 0 Å². The second-order valence-electron chi connectivity index (χ2n) is 14.8. The van der Waals surface area contributed by atoms with Crippen LogP contribution in [0.1, 0.15) is 26.3 Å². The second-order valence-corrected chi connectivity index (χ2v) is 14.8. The van der Waals surface area contributed by atoms with E-state index in [0.717, 1.165) is 11.6 Å². The fraction of sp³-hybridized carbons (Fsp3) is 0.564. The molecule has 0 bridgehead atoms. The number of hydrogen-bond donors (Lipinski definition) is 11. The number of benzene rings is 2. The number of allylic oxidation sites excluding steroid dienone is 2. The van der Waals surface area contributed by atoms with Crippen molar-refractivity contribution in [2.24, 2.45) is 0 Å². The van der Waals surface area contributed by atoms with Crippen molar-refractivity contribution in [3.63, 3.8) is 0 Å². The third-order valence-electron chi connectivity index (χ3n) is 10.5. The summed E-state index contributed by atoms with van der Waals surface area (Å²) in [7, 11) is 1.44. The Bertz CT molecular complexity index is 1990. The highest BCUT2D eigenvalue weighted by Crippen LogP contribution is 2.42. The van der Waals surface area contributed by atoms with Gasteiger partial charge in [-0.3, -0.25) is 4.79 Å². The van der Waals surface area contributed by atoms with Crippen molar-refractivity contribution >= 4 is 11.0 Å². The van der Waals surface area contributed by atoms with E-state index in [1.165, 1.54) is 26.2 Å². The molecule has 3 aromatic rings. The Hall–Kier alpha value is -3.97. The van der Waals surface area contributed by atoms with E-state index in [2.05, 4.69) is 0 Å². The van der Waals surface area contributed by atoms with Crippen LogP contribution < -0.4 is 19.6 Å². The Balaban J connectivity index is 1.45. The van der Waals surface area contributed by atoms with Gasteiger partial charge in [0.25, 0.3) is 0 Å². The predicted octanol–water partition coefficient (Wildman–Crippen LogP) is -2.11. The number of aliphatic hydroxyl groups excluding tert-OH is 10. The molecule has 2 aromatic carbocycles. The van der Waals surface area contributed by atoms with E-state index in [0.29, 0.717) is 5.75 Å². The van der Waals surface area contributed by atoms with Gasteiger partial charge in [0.1, 0.15) is 95.4 Å². The quantitative estimate of drug-likeness (QED) is 0.0870. The Labute approximate surface area is 336 Å². The molecule has 3 saturated heterocycles.